The SMILES string of the molecule is COC(=O)c1nccc2c(S(=O)(=O)NC(CN)C3CCCCC3)cccc12.Cl. The summed E-state index contributed by atoms with van der Waals surface area (Å²) < 4.78 is 33.8. The van der Waals surface area contributed by atoms with E-state index in [0.717, 1.165) is 25.7 Å². The third-order valence-corrected chi connectivity index (χ3v) is 6.76. The molecule has 1 aliphatic rings. The molecule has 28 heavy (non-hydrogen) atoms. The number of benzene rings is 1. The first-order valence-corrected chi connectivity index (χ1v) is 10.6. The van der Waals surface area contributed by atoms with E-state index in [0.29, 0.717) is 10.8 Å². The van der Waals surface area contributed by atoms with Crippen molar-refractivity contribution in [3.05, 3.63) is 36.2 Å². The molecule has 0 radical (unpaired) electrons. The molecule has 7 nitrogen and oxygen atoms in total. The molecule has 3 N–H and O–H groups in total. The summed E-state index contributed by atoms with van der Waals surface area (Å²) in [5.74, 6) is -0.356. The number of rotatable bonds is 6. The van der Waals surface area contributed by atoms with Gasteiger partial charge in [0.05, 0.1) is 12.0 Å². The van der Waals surface area contributed by atoms with E-state index in [-0.39, 0.29) is 41.5 Å². The summed E-state index contributed by atoms with van der Waals surface area (Å²) in [4.78, 5) is 16.1. The van der Waals surface area contributed by atoms with Gasteiger partial charge in [0.25, 0.3) is 0 Å². The molecule has 1 unspecified atom stereocenters. The molecule has 1 saturated carbocycles. The Labute approximate surface area is 171 Å². The standard InChI is InChI=1S/C19H25N3O4S.ClH/c1-26-19(23)18-15-8-5-9-17(14(15)10-11-21-18)27(24,25)22-16(12-20)13-6-3-2-4-7-13;/h5,8-11,13,16,22H,2-4,6-7,12,20H2,1H3;1H. The maximum atomic E-state index is 13.1. The maximum absolute atomic E-state index is 13.1. The maximum Gasteiger partial charge on any atom is 0.357 e. The lowest BCUT2D eigenvalue weighted by Crippen LogP contribution is -2.45. The van der Waals surface area contributed by atoms with Crippen molar-refractivity contribution >= 4 is 39.2 Å². The topological polar surface area (TPSA) is 111 Å². The van der Waals surface area contributed by atoms with Crippen LogP contribution in [0.5, 0.6) is 0 Å². The third kappa shape index (κ3) is 4.63. The van der Waals surface area contributed by atoms with E-state index in [1.165, 1.54) is 25.8 Å². The first-order valence-electron chi connectivity index (χ1n) is 9.16. The number of hydrogen-bond acceptors (Lipinski definition) is 6. The number of nitrogens with two attached hydrogens (primary N) is 1. The van der Waals surface area contributed by atoms with Crippen LogP contribution in [-0.4, -0.2) is 39.1 Å². The van der Waals surface area contributed by atoms with Gasteiger partial charge in [-0.05, 0) is 30.9 Å². The molecule has 1 fully saturated rings. The van der Waals surface area contributed by atoms with Crippen molar-refractivity contribution in [3.8, 4) is 0 Å². The van der Waals surface area contributed by atoms with E-state index in [4.69, 9.17) is 10.5 Å². The molecule has 154 valence electrons. The molecule has 1 atom stereocenters. The average molecular weight is 428 g/mol. The molecule has 9 heteroatoms. The van der Waals surface area contributed by atoms with Crippen LogP contribution in [0.2, 0.25) is 0 Å². The summed E-state index contributed by atoms with van der Waals surface area (Å²) in [7, 11) is -2.54. The van der Waals surface area contributed by atoms with Gasteiger partial charge in [0.15, 0.2) is 5.69 Å². The van der Waals surface area contributed by atoms with Gasteiger partial charge >= 0.3 is 5.97 Å². The lowest BCUT2D eigenvalue weighted by atomic mass is 9.84. The van der Waals surface area contributed by atoms with E-state index < -0.39 is 16.0 Å². The number of ether oxygens (including phenoxy) is 1. The largest absolute Gasteiger partial charge is 0.464 e. The highest BCUT2D eigenvalue weighted by atomic mass is 35.5. The van der Waals surface area contributed by atoms with Crippen molar-refractivity contribution in [2.45, 2.75) is 43.0 Å². The Bertz CT molecular complexity index is 930. The zero-order valence-corrected chi connectivity index (χ0v) is 17.4. The van der Waals surface area contributed by atoms with E-state index in [1.807, 2.05) is 0 Å². The number of nitrogens with zero attached hydrogens (tertiary/aromatic N) is 1. The molecule has 3 rings (SSSR count). The van der Waals surface area contributed by atoms with Crippen molar-refractivity contribution in [1.82, 2.24) is 9.71 Å². The number of halogens is 1. The molecule has 0 bridgehead atoms. The molecule has 0 aliphatic heterocycles. The minimum atomic E-state index is -3.81. The Morgan fingerprint density at radius 2 is 1.96 bits per heavy atom. The fourth-order valence-corrected chi connectivity index (χ4v) is 5.35. The first-order chi connectivity index (χ1) is 13.0. The Hall–Kier alpha value is -1.74. The second-order valence-electron chi connectivity index (χ2n) is 6.86. The van der Waals surface area contributed by atoms with Gasteiger partial charge in [0, 0.05) is 29.6 Å². The van der Waals surface area contributed by atoms with Crippen LogP contribution in [0.3, 0.4) is 0 Å². The van der Waals surface area contributed by atoms with Gasteiger partial charge < -0.3 is 10.5 Å². The third-order valence-electron chi connectivity index (χ3n) is 5.21. The van der Waals surface area contributed by atoms with Crippen molar-refractivity contribution < 1.29 is 17.9 Å². The molecule has 0 saturated heterocycles. The van der Waals surface area contributed by atoms with Crippen LogP contribution in [0.4, 0.5) is 0 Å². The smallest absolute Gasteiger partial charge is 0.357 e. The fourth-order valence-electron chi connectivity index (χ4n) is 3.81. The number of nitrogens with one attached hydrogen (secondary N) is 1. The van der Waals surface area contributed by atoms with Gasteiger partial charge in [-0.15, -0.1) is 12.4 Å². The van der Waals surface area contributed by atoms with Crippen molar-refractivity contribution in [2.24, 2.45) is 11.7 Å². The molecule has 1 aliphatic carbocycles. The molecule has 2 aromatic rings. The van der Waals surface area contributed by atoms with Gasteiger partial charge in [-0.3, -0.25) is 0 Å². The van der Waals surface area contributed by atoms with Gasteiger partial charge in [-0.1, -0.05) is 31.4 Å². The molecular weight excluding hydrogens is 402 g/mol. The number of aromatic nitrogens is 1. The van der Waals surface area contributed by atoms with Gasteiger partial charge in [0.1, 0.15) is 0 Å². The summed E-state index contributed by atoms with van der Waals surface area (Å²) in [6.45, 7) is 0.254. The molecule has 0 amide bonds. The zero-order valence-electron chi connectivity index (χ0n) is 15.8. The quantitative estimate of drug-likeness (QED) is 0.685. The number of fused-ring (bicyclic) bond motifs is 1. The van der Waals surface area contributed by atoms with Crippen LogP contribution >= 0.6 is 12.4 Å². The predicted molar refractivity (Wildman–Crippen MR) is 110 cm³/mol. The molecule has 1 aromatic carbocycles. The van der Waals surface area contributed by atoms with E-state index in [2.05, 4.69) is 9.71 Å². The lowest BCUT2D eigenvalue weighted by Gasteiger charge is -2.30. The van der Waals surface area contributed by atoms with Crippen LogP contribution in [0.25, 0.3) is 10.8 Å². The fraction of sp³-hybridized carbons (Fsp3) is 0.474. The van der Waals surface area contributed by atoms with Crippen LogP contribution < -0.4 is 10.5 Å². The normalized spacial score (nSPS) is 16.4. The Kier molecular flexibility index (Phi) is 7.77. The minimum absolute atomic E-state index is 0. The van der Waals surface area contributed by atoms with E-state index >= 15 is 0 Å². The second-order valence-corrected chi connectivity index (χ2v) is 8.55. The lowest BCUT2D eigenvalue weighted by molar-refractivity contribution is 0.0596. The molecule has 1 heterocycles. The van der Waals surface area contributed by atoms with Crippen molar-refractivity contribution in [3.63, 3.8) is 0 Å². The summed E-state index contributed by atoms with van der Waals surface area (Å²) in [6, 6.07) is 6.08. The highest BCUT2D eigenvalue weighted by Crippen LogP contribution is 2.29. The van der Waals surface area contributed by atoms with Crippen molar-refractivity contribution in [2.75, 3.05) is 13.7 Å². The average Bonchev–Trinajstić information content (AvgIpc) is 2.71. The second kappa shape index (κ2) is 9.65. The summed E-state index contributed by atoms with van der Waals surface area (Å²) in [6.07, 6.45) is 6.77. The van der Waals surface area contributed by atoms with Crippen LogP contribution in [-0.2, 0) is 14.8 Å². The summed E-state index contributed by atoms with van der Waals surface area (Å²) >= 11 is 0. The Morgan fingerprint density at radius 3 is 2.61 bits per heavy atom. The van der Waals surface area contributed by atoms with E-state index in [9.17, 15) is 13.2 Å². The number of hydrogen-bond donors (Lipinski definition) is 2. The molecule has 1 aromatic heterocycles. The highest BCUT2D eigenvalue weighted by molar-refractivity contribution is 7.89. The summed E-state index contributed by atoms with van der Waals surface area (Å²) in [5.41, 5.74) is 5.98. The number of methoxy groups -OCH3 is 1. The number of esters is 1. The van der Waals surface area contributed by atoms with Gasteiger partial charge in [-0.25, -0.2) is 22.9 Å². The Morgan fingerprint density at radius 1 is 1.25 bits per heavy atom. The summed E-state index contributed by atoms with van der Waals surface area (Å²) in [5, 5.41) is 0.869. The highest BCUT2D eigenvalue weighted by Gasteiger charge is 2.28. The number of pyridine rings is 1. The van der Waals surface area contributed by atoms with Crippen LogP contribution in [0.1, 0.15) is 42.6 Å². The molecule has 0 spiro atoms. The predicted octanol–water partition coefficient (Wildman–Crippen LogP) is 2.63. The molecular formula is C19H26ClN3O4S. The number of carbonyl (C=O) groups excluding carboxylic acids is 1. The minimum Gasteiger partial charge on any atom is -0.464 e. The van der Waals surface area contributed by atoms with Crippen molar-refractivity contribution in [1.29, 1.82) is 0 Å². The van der Waals surface area contributed by atoms with Gasteiger partial charge in [0.2, 0.25) is 10.0 Å². The van der Waals surface area contributed by atoms with Crippen LogP contribution in [0.15, 0.2) is 35.4 Å². The number of sulfonamides is 1. The van der Waals surface area contributed by atoms with Crippen LogP contribution in [0, 0.1) is 5.92 Å². The Balaban J connectivity index is 0.00000280. The zero-order chi connectivity index (χ0) is 19.4. The van der Waals surface area contributed by atoms with E-state index in [1.54, 1.807) is 18.2 Å². The first kappa shape index (κ1) is 22.5. The number of carbonyl (C=O) groups is 1. The monoisotopic (exact) mass is 427 g/mol. The van der Waals surface area contributed by atoms with Gasteiger partial charge in [-0.2, -0.15) is 0 Å².